The van der Waals surface area contributed by atoms with E-state index in [1.165, 1.54) is 0 Å². The average Bonchev–Trinajstić information content (AvgIpc) is 2.17. The van der Waals surface area contributed by atoms with Crippen molar-refractivity contribution in [3.63, 3.8) is 0 Å². The molecule has 0 saturated carbocycles. The number of nitrogens with zero attached hydrogens (tertiary/aromatic N) is 5. The predicted molar refractivity (Wildman–Crippen MR) is 32.1 cm³/mol. The number of hydrogen-bond acceptors (Lipinski definition) is 5. The van der Waals surface area contributed by atoms with E-state index < -0.39 is 3.67 Å². The van der Waals surface area contributed by atoms with E-state index in [9.17, 15) is 0 Å². The number of nitriles is 1. The van der Waals surface area contributed by atoms with E-state index in [0.29, 0.717) is 0 Å². The topological polar surface area (TPSA) is 73.2 Å². The van der Waals surface area contributed by atoms with E-state index in [0.717, 1.165) is 0 Å². The molecule has 0 atom stereocenters. The van der Waals surface area contributed by atoms with Gasteiger partial charge in [0.25, 0.3) is 0 Å². The SMILES string of the molecule is N#CC1(I)N=NN=N1. The first-order chi connectivity index (χ1) is 3.77. The van der Waals surface area contributed by atoms with Gasteiger partial charge >= 0.3 is 3.67 Å². The molecule has 0 aromatic rings. The Balaban J connectivity index is 2.89. The van der Waals surface area contributed by atoms with Gasteiger partial charge in [-0.1, -0.05) is 0 Å². The predicted octanol–water partition coefficient (Wildman–Crippen LogP) is 1.43. The summed E-state index contributed by atoms with van der Waals surface area (Å²) in [6.45, 7) is 0. The lowest BCUT2D eigenvalue weighted by Gasteiger charge is -1.93. The third-order valence-electron chi connectivity index (χ3n) is 0.537. The summed E-state index contributed by atoms with van der Waals surface area (Å²) in [6, 6.07) is 1.81. The molecular formula is C2IN5. The summed E-state index contributed by atoms with van der Waals surface area (Å²) in [6.07, 6.45) is 0. The van der Waals surface area contributed by atoms with Gasteiger partial charge in [-0.05, 0) is 33.0 Å². The average molecular weight is 221 g/mol. The highest BCUT2D eigenvalue weighted by atomic mass is 127. The molecule has 0 fully saturated rings. The third-order valence-corrected chi connectivity index (χ3v) is 1.21. The van der Waals surface area contributed by atoms with Gasteiger partial charge in [-0.25, -0.2) is 0 Å². The van der Waals surface area contributed by atoms with Crippen LogP contribution in [0.25, 0.3) is 0 Å². The Morgan fingerprint density at radius 1 is 1.38 bits per heavy atom. The fourth-order valence-electron chi connectivity index (χ4n) is 0.223. The highest BCUT2D eigenvalue weighted by Gasteiger charge is 2.27. The Morgan fingerprint density at radius 2 is 1.88 bits per heavy atom. The van der Waals surface area contributed by atoms with Crippen molar-refractivity contribution < 1.29 is 0 Å². The first kappa shape index (κ1) is 5.55. The summed E-state index contributed by atoms with van der Waals surface area (Å²) in [5, 5.41) is 21.4. The quantitative estimate of drug-likeness (QED) is 0.346. The summed E-state index contributed by atoms with van der Waals surface area (Å²) in [5.74, 6) is 0. The van der Waals surface area contributed by atoms with E-state index in [2.05, 4.69) is 20.7 Å². The number of halogens is 1. The smallest absolute Gasteiger partial charge is 0.192 e. The summed E-state index contributed by atoms with van der Waals surface area (Å²) in [4.78, 5) is 0. The van der Waals surface area contributed by atoms with Crippen molar-refractivity contribution in [1.82, 2.24) is 0 Å². The van der Waals surface area contributed by atoms with Gasteiger partial charge in [0.05, 0.1) is 0 Å². The minimum atomic E-state index is -1.07. The van der Waals surface area contributed by atoms with E-state index in [1.807, 2.05) is 0 Å². The maximum absolute atomic E-state index is 8.26. The summed E-state index contributed by atoms with van der Waals surface area (Å²) in [5.41, 5.74) is 0. The Bertz CT molecular complexity index is 175. The lowest BCUT2D eigenvalue weighted by atomic mass is 10.6. The monoisotopic (exact) mass is 221 g/mol. The number of hydrogen-bond donors (Lipinski definition) is 0. The van der Waals surface area contributed by atoms with Crippen LogP contribution in [0.15, 0.2) is 20.7 Å². The molecule has 8 heavy (non-hydrogen) atoms. The van der Waals surface area contributed by atoms with Crippen LogP contribution in [0.1, 0.15) is 0 Å². The van der Waals surface area contributed by atoms with Gasteiger partial charge in [0, 0.05) is 0 Å². The van der Waals surface area contributed by atoms with Crippen molar-refractivity contribution >= 4 is 22.6 Å². The molecule has 0 aromatic heterocycles. The molecule has 0 aliphatic carbocycles. The Morgan fingerprint density at radius 3 is 2.12 bits per heavy atom. The number of rotatable bonds is 0. The first-order valence-electron chi connectivity index (χ1n) is 1.71. The summed E-state index contributed by atoms with van der Waals surface area (Å²) < 4.78 is -1.07. The van der Waals surface area contributed by atoms with Gasteiger partial charge in [0.2, 0.25) is 0 Å². The maximum atomic E-state index is 8.26. The molecule has 0 radical (unpaired) electrons. The van der Waals surface area contributed by atoms with Crippen LogP contribution >= 0.6 is 22.6 Å². The Kier molecular flexibility index (Phi) is 1.21. The minimum Gasteiger partial charge on any atom is -0.192 e. The van der Waals surface area contributed by atoms with Crippen molar-refractivity contribution in [2.24, 2.45) is 20.7 Å². The highest BCUT2D eigenvalue weighted by Crippen LogP contribution is 2.26. The van der Waals surface area contributed by atoms with Gasteiger partial charge in [-0.15, -0.1) is 10.2 Å². The molecule has 0 unspecified atom stereocenters. The molecule has 0 saturated heterocycles. The lowest BCUT2D eigenvalue weighted by Crippen LogP contribution is -2.04. The van der Waals surface area contributed by atoms with Gasteiger partial charge in [-0.2, -0.15) is 5.26 Å². The second kappa shape index (κ2) is 1.74. The second-order valence-electron chi connectivity index (χ2n) is 1.08. The van der Waals surface area contributed by atoms with Crippen LogP contribution in [-0.4, -0.2) is 3.67 Å². The van der Waals surface area contributed by atoms with Crippen molar-refractivity contribution in [2.45, 2.75) is 3.67 Å². The molecule has 0 amide bonds. The molecule has 1 rings (SSSR count). The van der Waals surface area contributed by atoms with Gasteiger partial charge in [0.1, 0.15) is 6.07 Å². The maximum Gasteiger partial charge on any atom is 0.328 e. The van der Waals surface area contributed by atoms with Crippen molar-refractivity contribution in [1.29, 1.82) is 5.26 Å². The lowest BCUT2D eigenvalue weighted by molar-refractivity contribution is 0.844. The Labute approximate surface area is 58.6 Å². The zero-order valence-electron chi connectivity index (χ0n) is 3.61. The van der Waals surface area contributed by atoms with Crippen LogP contribution < -0.4 is 0 Å². The minimum absolute atomic E-state index is 1.07. The molecule has 0 spiro atoms. The fourth-order valence-corrected chi connectivity index (χ4v) is 0.416. The van der Waals surface area contributed by atoms with E-state index >= 15 is 0 Å². The number of alkyl halides is 1. The van der Waals surface area contributed by atoms with Crippen LogP contribution in [0.2, 0.25) is 0 Å². The van der Waals surface area contributed by atoms with Crippen LogP contribution in [0.3, 0.4) is 0 Å². The van der Waals surface area contributed by atoms with Gasteiger partial charge in [-0.3, -0.25) is 0 Å². The molecule has 6 heteroatoms. The van der Waals surface area contributed by atoms with Crippen LogP contribution in [-0.2, 0) is 0 Å². The van der Waals surface area contributed by atoms with Gasteiger partial charge in [0.15, 0.2) is 0 Å². The normalized spacial score (nSPS) is 21.0. The molecule has 1 heterocycles. The fraction of sp³-hybridized carbons (Fsp3) is 0.500. The van der Waals surface area contributed by atoms with Crippen LogP contribution in [0.5, 0.6) is 0 Å². The molecule has 0 N–H and O–H groups in total. The standard InChI is InChI=1S/C2IN5/c3-2(1-4)5-7-8-6-2. The molecule has 0 bridgehead atoms. The highest BCUT2D eigenvalue weighted by molar-refractivity contribution is 14.1. The summed E-state index contributed by atoms with van der Waals surface area (Å²) >= 11 is 1.75. The summed E-state index contributed by atoms with van der Waals surface area (Å²) in [7, 11) is 0. The second-order valence-corrected chi connectivity index (χ2v) is 2.58. The van der Waals surface area contributed by atoms with Crippen LogP contribution in [0.4, 0.5) is 0 Å². The van der Waals surface area contributed by atoms with E-state index in [4.69, 9.17) is 5.26 Å². The zero-order chi connectivity index (χ0) is 6.04. The molecule has 1 aliphatic heterocycles. The third kappa shape index (κ3) is 0.812. The molecule has 40 valence electrons. The van der Waals surface area contributed by atoms with Gasteiger partial charge < -0.3 is 0 Å². The van der Waals surface area contributed by atoms with Crippen LogP contribution in [0, 0.1) is 11.3 Å². The first-order valence-corrected chi connectivity index (χ1v) is 2.79. The molecular weight excluding hydrogens is 221 g/mol. The molecule has 1 aliphatic rings. The molecule has 0 aromatic carbocycles. The zero-order valence-corrected chi connectivity index (χ0v) is 5.77. The Hall–Kier alpha value is -0.580. The largest absolute Gasteiger partial charge is 0.328 e. The molecule has 5 nitrogen and oxygen atoms in total. The van der Waals surface area contributed by atoms with E-state index in [1.54, 1.807) is 28.7 Å². The van der Waals surface area contributed by atoms with Crippen molar-refractivity contribution in [3.05, 3.63) is 0 Å². The van der Waals surface area contributed by atoms with Crippen molar-refractivity contribution in [3.8, 4) is 6.07 Å². The van der Waals surface area contributed by atoms with E-state index in [-0.39, 0.29) is 0 Å². The van der Waals surface area contributed by atoms with Crippen molar-refractivity contribution in [2.75, 3.05) is 0 Å².